The van der Waals surface area contributed by atoms with E-state index in [1.54, 1.807) is 6.92 Å². The third kappa shape index (κ3) is 16.4. The number of hydrogen-bond acceptors (Lipinski definition) is 4. The molecule has 0 spiro atoms. The molecule has 0 amide bonds. The van der Waals surface area contributed by atoms with Gasteiger partial charge in [0.1, 0.15) is 0 Å². The Morgan fingerprint density at radius 1 is 0.923 bits per heavy atom. The van der Waals surface area contributed by atoms with Crippen molar-refractivity contribution in [2.45, 2.75) is 24.9 Å². The van der Waals surface area contributed by atoms with E-state index in [1.165, 1.54) is 28.7 Å². The molecule has 0 N–H and O–H groups in total. The van der Waals surface area contributed by atoms with Gasteiger partial charge in [-0.25, -0.2) is 0 Å². The van der Waals surface area contributed by atoms with Crippen LogP contribution in [0.1, 0.15) is 25.0 Å². The molecular weight excluding hydrogens is 591 g/mol. The Labute approximate surface area is 233 Å². The summed E-state index contributed by atoms with van der Waals surface area (Å²) in [5.74, 6) is 0.747. The number of alkyl halides is 1. The van der Waals surface area contributed by atoms with Gasteiger partial charge in [-0.05, 0) is 30.2 Å². The molecule has 0 atom stereocenters. The SMILES string of the molecule is BrCc1ccccc1Br.CC(=O)SCc1ccccc1Br.CC(=O)[S-].[K+]. The van der Waals surface area contributed by atoms with Crippen LogP contribution in [0.5, 0.6) is 0 Å². The fourth-order valence-electron chi connectivity index (χ4n) is 1.40. The fourth-order valence-corrected chi connectivity index (χ4v) is 3.91. The van der Waals surface area contributed by atoms with Crippen LogP contribution in [0.3, 0.4) is 0 Å². The Hall–Kier alpha value is 1.43. The first-order valence-electron chi connectivity index (χ1n) is 7.11. The Morgan fingerprint density at radius 3 is 1.62 bits per heavy atom. The third-order valence-corrected chi connectivity index (χ3v) is 5.50. The van der Waals surface area contributed by atoms with Crippen molar-refractivity contribution in [2.24, 2.45) is 0 Å². The average molecular weight is 609 g/mol. The third-order valence-electron chi connectivity index (χ3n) is 2.49. The van der Waals surface area contributed by atoms with Crippen LogP contribution in [0, 0.1) is 0 Å². The number of hydrogen-bond donors (Lipinski definition) is 0. The average Bonchev–Trinajstić information content (AvgIpc) is 2.54. The van der Waals surface area contributed by atoms with Gasteiger partial charge in [0.2, 0.25) is 0 Å². The first-order chi connectivity index (χ1) is 11.8. The Kier molecular flexibility index (Phi) is 21.0. The van der Waals surface area contributed by atoms with E-state index in [4.69, 9.17) is 0 Å². The molecule has 0 saturated carbocycles. The summed E-state index contributed by atoms with van der Waals surface area (Å²) in [6.45, 7) is 2.93. The molecule has 0 radical (unpaired) electrons. The second kappa shape index (κ2) is 18.5. The zero-order valence-electron chi connectivity index (χ0n) is 14.8. The summed E-state index contributed by atoms with van der Waals surface area (Å²) in [6, 6.07) is 16.1. The van der Waals surface area contributed by atoms with Crippen molar-refractivity contribution in [3.8, 4) is 0 Å². The molecule has 8 heteroatoms. The topological polar surface area (TPSA) is 34.1 Å². The van der Waals surface area contributed by atoms with Crippen LogP contribution >= 0.6 is 59.6 Å². The molecular formula is C18H18Br3KO2S2. The van der Waals surface area contributed by atoms with Crippen molar-refractivity contribution in [3.63, 3.8) is 0 Å². The van der Waals surface area contributed by atoms with Gasteiger partial charge in [0.15, 0.2) is 5.12 Å². The molecule has 2 aromatic rings. The first kappa shape index (κ1) is 29.6. The molecule has 0 unspecified atom stereocenters. The van der Waals surface area contributed by atoms with E-state index < -0.39 is 0 Å². The number of carbonyl (C=O) groups excluding carboxylic acids is 2. The summed E-state index contributed by atoms with van der Waals surface area (Å²) in [5.41, 5.74) is 2.45. The summed E-state index contributed by atoms with van der Waals surface area (Å²) in [4.78, 5) is 19.9. The first-order valence-corrected chi connectivity index (χ1v) is 11.2. The minimum Gasteiger partial charge on any atom is -0.742 e. The van der Waals surface area contributed by atoms with E-state index in [-0.39, 0.29) is 61.6 Å². The minimum absolute atomic E-state index is 0. The molecule has 2 aromatic carbocycles. The molecule has 0 aliphatic heterocycles. The van der Waals surface area contributed by atoms with Gasteiger partial charge in [-0.1, -0.05) is 95.9 Å². The molecule has 26 heavy (non-hydrogen) atoms. The maximum atomic E-state index is 10.7. The van der Waals surface area contributed by atoms with Crippen LogP contribution in [-0.2, 0) is 33.3 Å². The van der Waals surface area contributed by atoms with Crippen molar-refractivity contribution in [1.82, 2.24) is 0 Å². The molecule has 136 valence electrons. The number of carbonyl (C=O) groups is 2. The van der Waals surface area contributed by atoms with Gasteiger partial charge >= 0.3 is 51.4 Å². The second-order valence-electron chi connectivity index (χ2n) is 4.59. The van der Waals surface area contributed by atoms with Crippen LogP contribution in [0.2, 0.25) is 0 Å². The van der Waals surface area contributed by atoms with E-state index >= 15 is 0 Å². The number of benzene rings is 2. The van der Waals surface area contributed by atoms with Crippen molar-refractivity contribution < 1.29 is 61.0 Å². The minimum atomic E-state index is -0.250. The van der Waals surface area contributed by atoms with Crippen molar-refractivity contribution in [3.05, 3.63) is 68.6 Å². The van der Waals surface area contributed by atoms with Gasteiger partial charge in [-0.15, -0.1) is 0 Å². The number of thioether (sulfide) groups is 1. The molecule has 0 aliphatic rings. The second-order valence-corrected chi connectivity index (χ2v) is 8.58. The largest absolute Gasteiger partial charge is 1.00 e. The summed E-state index contributed by atoms with van der Waals surface area (Å²) in [7, 11) is 0. The molecule has 0 heterocycles. The monoisotopic (exact) mass is 606 g/mol. The van der Waals surface area contributed by atoms with E-state index in [0.717, 1.165) is 21.1 Å². The summed E-state index contributed by atoms with van der Waals surface area (Å²) < 4.78 is 2.24. The van der Waals surface area contributed by atoms with E-state index in [0.29, 0.717) is 0 Å². The van der Waals surface area contributed by atoms with Gasteiger partial charge in [0.05, 0.1) is 0 Å². The van der Waals surface area contributed by atoms with Crippen molar-refractivity contribution >= 4 is 82.4 Å². The molecule has 0 saturated heterocycles. The maximum absolute atomic E-state index is 10.7. The van der Waals surface area contributed by atoms with Gasteiger partial charge in [0.25, 0.3) is 0 Å². The van der Waals surface area contributed by atoms with Crippen LogP contribution in [0.25, 0.3) is 0 Å². The molecule has 2 nitrogen and oxygen atoms in total. The van der Waals surface area contributed by atoms with Crippen molar-refractivity contribution in [2.75, 3.05) is 0 Å². The predicted molar refractivity (Wildman–Crippen MR) is 121 cm³/mol. The molecule has 0 bridgehead atoms. The van der Waals surface area contributed by atoms with Gasteiger partial charge < -0.3 is 17.4 Å². The number of rotatable bonds is 3. The van der Waals surface area contributed by atoms with E-state index in [2.05, 4.69) is 66.5 Å². The number of halogens is 3. The zero-order valence-corrected chi connectivity index (χ0v) is 24.3. The fraction of sp³-hybridized carbons (Fsp3) is 0.222. The van der Waals surface area contributed by atoms with E-state index in [9.17, 15) is 9.59 Å². The van der Waals surface area contributed by atoms with Crippen LogP contribution in [0.4, 0.5) is 0 Å². The predicted octanol–water partition coefficient (Wildman–Crippen LogP) is 3.66. The van der Waals surface area contributed by atoms with Gasteiger partial charge in [0, 0.05) is 32.1 Å². The Bertz CT molecular complexity index is 681. The van der Waals surface area contributed by atoms with Gasteiger partial charge in [-0.3, -0.25) is 4.79 Å². The standard InChI is InChI=1S/C9H9BrOS.C7H6Br2.C2H4OS.K/c1-7(11)12-6-8-4-2-3-5-9(8)10;8-5-6-3-1-2-4-7(6)9;1-2(3)4;/h2-5H,6H2,1H3;1-4H,5H2;1H3,(H,3,4);/q;;;+1/p-1. The van der Waals surface area contributed by atoms with Crippen LogP contribution < -0.4 is 51.4 Å². The normalized spacial score (nSPS) is 8.81. The summed E-state index contributed by atoms with van der Waals surface area (Å²) >= 11 is 15.5. The smallest absolute Gasteiger partial charge is 0.742 e. The molecule has 0 aliphatic carbocycles. The Balaban J connectivity index is 0. The summed E-state index contributed by atoms with van der Waals surface area (Å²) in [5, 5.41) is 0.819. The quantitative estimate of drug-likeness (QED) is 0.303. The molecule has 0 aromatic heterocycles. The molecule has 2 rings (SSSR count). The van der Waals surface area contributed by atoms with Gasteiger partial charge in [-0.2, -0.15) is 0 Å². The molecule has 0 fully saturated rings. The van der Waals surface area contributed by atoms with Crippen LogP contribution in [-0.4, -0.2) is 10.2 Å². The zero-order chi connectivity index (χ0) is 19.2. The maximum Gasteiger partial charge on any atom is 1.00 e. The summed E-state index contributed by atoms with van der Waals surface area (Å²) in [6.07, 6.45) is 0. The van der Waals surface area contributed by atoms with E-state index in [1.807, 2.05) is 42.5 Å². The van der Waals surface area contributed by atoms with Crippen LogP contribution in [0.15, 0.2) is 57.5 Å². The Morgan fingerprint density at radius 2 is 1.31 bits per heavy atom. The van der Waals surface area contributed by atoms with Crippen molar-refractivity contribution in [1.29, 1.82) is 0 Å².